The molecule has 0 saturated carbocycles. The lowest BCUT2D eigenvalue weighted by atomic mass is 10.1. The van der Waals surface area contributed by atoms with Gasteiger partial charge in [-0.25, -0.2) is 9.78 Å². The molecule has 1 aliphatic heterocycles. The van der Waals surface area contributed by atoms with Gasteiger partial charge < -0.3 is 15.0 Å². The first-order valence-electron chi connectivity index (χ1n) is 8.56. The number of carbonyl (C=O) groups excluding carboxylic acids is 1. The Morgan fingerprint density at radius 2 is 2.13 bits per heavy atom. The maximum Gasteiger partial charge on any atom is 0.317 e. The molecule has 23 heavy (non-hydrogen) atoms. The van der Waals surface area contributed by atoms with Crippen molar-refractivity contribution in [1.29, 1.82) is 0 Å². The number of likely N-dealkylation sites (tertiary alicyclic amines) is 1. The minimum absolute atomic E-state index is 0.00935. The molecule has 0 radical (unpaired) electrons. The SMILES string of the molecule is CCC(CC)NC(=O)N1CCCC(Oc2cc(C)nc(C)n2)C1. The summed E-state index contributed by atoms with van der Waals surface area (Å²) in [5, 5.41) is 3.09. The highest BCUT2D eigenvalue weighted by atomic mass is 16.5. The van der Waals surface area contributed by atoms with Gasteiger partial charge >= 0.3 is 6.03 Å². The first-order valence-corrected chi connectivity index (χ1v) is 8.56. The first kappa shape index (κ1) is 17.5. The van der Waals surface area contributed by atoms with Gasteiger partial charge in [-0.1, -0.05) is 13.8 Å². The highest BCUT2D eigenvalue weighted by Gasteiger charge is 2.26. The number of amides is 2. The van der Waals surface area contributed by atoms with Gasteiger partial charge in [-0.3, -0.25) is 0 Å². The van der Waals surface area contributed by atoms with Crippen molar-refractivity contribution in [3.05, 3.63) is 17.6 Å². The van der Waals surface area contributed by atoms with Crippen LogP contribution in [0.1, 0.15) is 51.0 Å². The number of nitrogens with zero attached hydrogens (tertiary/aromatic N) is 3. The zero-order chi connectivity index (χ0) is 16.8. The van der Waals surface area contributed by atoms with E-state index in [1.54, 1.807) is 0 Å². The van der Waals surface area contributed by atoms with Crippen LogP contribution in [0.5, 0.6) is 5.88 Å². The molecule has 1 atom stereocenters. The summed E-state index contributed by atoms with van der Waals surface area (Å²) in [6.07, 6.45) is 3.79. The molecule has 1 aliphatic rings. The Morgan fingerprint density at radius 3 is 2.78 bits per heavy atom. The molecule has 6 nitrogen and oxygen atoms in total. The molecular weight excluding hydrogens is 292 g/mol. The van der Waals surface area contributed by atoms with Crippen LogP contribution in [-0.2, 0) is 0 Å². The Labute approximate surface area is 138 Å². The topological polar surface area (TPSA) is 67.4 Å². The van der Waals surface area contributed by atoms with Crippen LogP contribution < -0.4 is 10.1 Å². The number of nitrogens with one attached hydrogen (secondary N) is 1. The number of piperidine rings is 1. The van der Waals surface area contributed by atoms with Crippen LogP contribution in [0.4, 0.5) is 4.79 Å². The lowest BCUT2D eigenvalue weighted by molar-refractivity contribution is 0.0962. The number of aryl methyl sites for hydroxylation is 2. The van der Waals surface area contributed by atoms with Gasteiger partial charge in [0.25, 0.3) is 0 Å². The van der Waals surface area contributed by atoms with E-state index in [1.807, 2.05) is 24.8 Å². The van der Waals surface area contributed by atoms with Crippen LogP contribution in [0.2, 0.25) is 0 Å². The number of ether oxygens (including phenoxy) is 1. The van der Waals surface area contributed by atoms with Crippen LogP contribution in [-0.4, -0.2) is 46.1 Å². The van der Waals surface area contributed by atoms with Gasteiger partial charge in [-0.2, -0.15) is 4.98 Å². The van der Waals surface area contributed by atoms with Crippen molar-refractivity contribution in [2.75, 3.05) is 13.1 Å². The van der Waals surface area contributed by atoms with Crippen molar-refractivity contribution in [3.8, 4) is 5.88 Å². The predicted molar refractivity (Wildman–Crippen MR) is 89.6 cm³/mol. The van der Waals surface area contributed by atoms with Crippen molar-refractivity contribution in [1.82, 2.24) is 20.2 Å². The highest BCUT2D eigenvalue weighted by Crippen LogP contribution is 2.18. The van der Waals surface area contributed by atoms with Crippen molar-refractivity contribution < 1.29 is 9.53 Å². The van der Waals surface area contributed by atoms with Crippen LogP contribution in [0.15, 0.2) is 6.07 Å². The van der Waals surface area contributed by atoms with Crippen molar-refractivity contribution in [2.24, 2.45) is 0 Å². The number of urea groups is 1. The summed E-state index contributed by atoms with van der Waals surface area (Å²) in [6.45, 7) is 9.36. The maximum absolute atomic E-state index is 12.4. The fourth-order valence-corrected chi connectivity index (χ4v) is 2.89. The molecule has 0 spiro atoms. The van der Waals surface area contributed by atoms with E-state index in [0.717, 1.165) is 37.9 Å². The monoisotopic (exact) mass is 320 g/mol. The van der Waals surface area contributed by atoms with Gasteiger partial charge in [-0.15, -0.1) is 0 Å². The number of rotatable bonds is 5. The standard InChI is InChI=1S/C17H28N4O2/c1-5-14(6-2)20-17(22)21-9-7-8-15(11-21)23-16-10-12(3)18-13(4)19-16/h10,14-15H,5-9,11H2,1-4H3,(H,20,22). The van der Waals surface area contributed by atoms with E-state index >= 15 is 0 Å². The Kier molecular flexibility index (Phi) is 6.19. The number of carbonyl (C=O) groups is 1. The lowest BCUT2D eigenvalue weighted by Gasteiger charge is -2.33. The summed E-state index contributed by atoms with van der Waals surface area (Å²) in [5.41, 5.74) is 0.895. The van der Waals surface area contributed by atoms with Gasteiger partial charge in [-0.05, 0) is 39.5 Å². The van der Waals surface area contributed by atoms with Gasteiger partial charge in [0, 0.05) is 24.3 Å². The summed E-state index contributed by atoms with van der Waals surface area (Å²) < 4.78 is 5.98. The van der Waals surface area contributed by atoms with Gasteiger partial charge in [0.1, 0.15) is 11.9 Å². The molecule has 6 heteroatoms. The Bertz CT molecular complexity index is 511. The number of hydrogen-bond donors (Lipinski definition) is 1. The minimum Gasteiger partial charge on any atom is -0.472 e. The summed E-state index contributed by atoms with van der Waals surface area (Å²) in [4.78, 5) is 22.8. The normalized spacial score (nSPS) is 18.1. The summed E-state index contributed by atoms with van der Waals surface area (Å²) in [5.74, 6) is 1.31. The Hall–Kier alpha value is -1.85. The molecule has 0 aromatic carbocycles. The van der Waals surface area contributed by atoms with E-state index in [1.165, 1.54) is 0 Å². The second kappa shape index (κ2) is 8.13. The second-order valence-corrected chi connectivity index (χ2v) is 6.19. The fraction of sp³-hybridized carbons (Fsp3) is 0.706. The zero-order valence-electron chi connectivity index (χ0n) is 14.6. The number of aromatic nitrogens is 2. The molecule has 1 N–H and O–H groups in total. The molecule has 0 bridgehead atoms. The zero-order valence-corrected chi connectivity index (χ0v) is 14.6. The average Bonchev–Trinajstić information content (AvgIpc) is 2.51. The van der Waals surface area contributed by atoms with Crippen LogP contribution in [0.3, 0.4) is 0 Å². The highest BCUT2D eigenvalue weighted by molar-refractivity contribution is 5.74. The minimum atomic E-state index is -0.00935. The molecule has 128 valence electrons. The van der Waals surface area contributed by atoms with E-state index in [4.69, 9.17) is 4.74 Å². The largest absolute Gasteiger partial charge is 0.472 e. The van der Waals surface area contributed by atoms with Crippen LogP contribution >= 0.6 is 0 Å². The molecule has 1 aromatic heterocycles. The third-order valence-electron chi connectivity index (χ3n) is 4.21. The third-order valence-corrected chi connectivity index (χ3v) is 4.21. The smallest absolute Gasteiger partial charge is 0.317 e. The van der Waals surface area contributed by atoms with E-state index in [2.05, 4.69) is 29.1 Å². The quantitative estimate of drug-likeness (QED) is 0.906. The molecule has 1 saturated heterocycles. The van der Waals surface area contributed by atoms with Crippen LogP contribution in [0, 0.1) is 13.8 Å². The maximum atomic E-state index is 12.4. The molecule has 1 fully saturated rings. The molecule has 1 aromatic rings. The summed E-state index contributed by atoms with van der Waals surface area (Å²) >= 11 is 0. The first-order chi connectivity index (χ1) is 11.0. The van der Waals surface area contributed by atoms with E-state index in [-0.39, 0.29) is 18.2 Å². The molecular formula is C17H28N4O2. The third kappa shape index (κ3) is 5.08. The van der Waals surface area contributed by atoms with Gasteiger partial charge in [0.2, 0.25) is 5.88 Å². The van der Waals surface area contributed by atoms with Gasteiger partial charge in [0.05, 0.1) is 6.54 Å². The molecule has 1 unspecified atom stereocenters. The molecule has 2 amide bonds. The van der Waals surface area contributed by atoms with Crippen molar-refractivity contribution in [2.45, 2.75) is 65.5 Å². The van der Waals surface area contributed by atoms with Crippen LogP contribution in [0.25, 0.3) is 0 Å². The average molecular weight is 320 g/mol. The van der Waals surface area contributed by atoms with E-state index < -0.39 is 0 Å². The second-order valence-electron chi connectivity index (χ2n) is 6.19. The Morgan fingerprint density at radius 1 is 1.39 bits per heavy atom. The number of hydrogen-bond acceptors (Lipinski definition) is 4. The fourth-order valence-electron chi connectivity index (χ4n) is 2.89. The lowest BCUT2D eigenvalue weighted by Crippen LogP contribution is -2.50. The van der Waals surface area contributed by atoms with Crippen molar-refractivity contribution >= 4 is 6.03 Å². The van der Waals surface area contributed by atoms with E-state index in [0.29, 0.717) is 18.2 Å². The Balaban J connectivity index is 1.93. The molecule has 2 rings (SSSR count). The van der Waals surface area contributed by atoms with Crippen molar-refractivity contribution in [3.63, 3.8) is 0 Å². The molecule has 2 heterocycles. The summed E-state index contributed by atoms with van der Waals surface area (Å²) in [6, 6.07) is 2.11. The summed E-state index contributed by atoms with van der Waals surface area (Å²) in [7, 11) is 0. The predicted octanol–water partition coefficient (Wildman–Crippen LogP) is 2.83. The van der Waals surface area contributed by atoms with Gasteiger partial charge in [0.15, 0.2) is 0 Å². The van der Waals surface area contributed by atoms with E-state index in [9.17, 15) is 4.79 Å². The molecule has 0 aliphatic carbocycles.